The van der Waals surface area contributed by atoms with Gasteiger partial charge in [0.2, 0.25) is 0 Å². The molecular formula is C18H30N4O. The Kier molecular flexibility index (Phi) is 7.20. The average Bonchev–Trinajstić information content (AvgIpc) is 2.60. The Morgan fingerprint density at radius 3 is 2.87 bits per heavy atom. The van der Waals surface area contributed by atoms with Crippen molar-refractivity contribution in [2.75, 3.05) is 37.7 Å². The van der Waals surface area contributed by atoms with E-state index in [4.69, 9.17) is 5.11 Å². The third kappa shape index (κ3) is 5.75. The molecule has 0 aromatic heterocycles. The zero-order valence-corrected chi connectivity index (χ0v) is 14.3. The number of aliphatic hydroxyl groups excluding tert-OH is 1. The summed E-state index contributed by atoms with van der Waals surface area (Å²) in [5.74, 6) is 1.05. The molecule has 1 aliphatic heterocycles. The Morgan fingerprint density at radius 1 is 1.39 bits per heavy atom. The lowest BCUT2D eigenvalue weighted by atomic mass is 10.0. The molecule has 5 nitrogen and oxygen atoms in total. The molecule has 0 saturated carbocycles. The van der Waals surface area contributed by atoms with E-state index in [0.717, 1.165) is 32.0 Å². The largest absolute Gasteiger partial charge is 0.396 e. The number of nitrogens with zero attached hydrogens (tertiary/aromatic N) is 2. The Balaban J connectivity index is 1.94. The van der Waals surface area contributed by atoms with E-state index in [2.05, 4.69) is 57.8 Å². The highest BCUT2D eigenvalue weighted by atomic mass is 16.3. The van der Waals surface area contributed by atoms with Gasteiger partial charge in [-0.3, -0.25) is 4.99 Å². The van der Waals surface area contributed by atoms with Crippen LogP contribution in [0.3, 0.4) is 0 Å². The van der Waals surface area contributed by atoms with Gasteiger partial charge in [0.25, 0.3) is 0 Å². The third-order valence-corrected chi connectivity index (χ3v) is 4.10. The van der Waals surface area contributed by atoms with Crippen LogP contribution in [0.1, 0.15) is 26.7 Å². The number of nitrogens with one attached hydrogen (secondary N) is 2. The number of aliphatic hydroxyl groups is 1. The Morgan fingerprint density at radius 2 is 2.17 bits per heavy atom. The number of guanidine groups is 1. The van der Waals surface area contributed by atoms with Crippen molar-refractivity contribution in [1.29, 1.82) is 0 Å². The number of hydrogen-bond donors (Lipinski definition) is 3. The molecule has 0 bridgehead atoms. The second kappa shape index (κ2) is 9.40. The highest BCUT2D eigenvalue weighted by molar-refractivity contribution is 5.80. The quantitative estimate of drug-likeness (QED) is 0.553. The number of piperidine rings is 1. The summed E-state index contributed by atoms with van der Waals surface area (Å²) in [4.78, 5) is 7.02. The molecule has 2 unspecified atom stereocenters. The molecule has 1 fully saturated rings. The Bertz CT molecular complexity index is 477. The molecule has 2 atom stereocenters. The van der Waals surface area contributed by atoms with Crippen molar-refractivity contribution in [3.8, 4) is 0 Å². The Hall–Kier alpha value is -1.75. The summed E-state index contributed by atoms with van der Waals surface area (Å²) in [6.45, 7) is 7.83. The van der Waals surface area contributed by atoms with Crippen LogP contribution in [0.15, 0.2) is 35.3 Å². The first kappa shape index (κ1) is 17.6. The smallest absolute Gasteiger partial charge is 0.191 e. The molecule has 23 heavy (non-hydrogen) atoms. The normalized spacial score (nSPS) is 20.2. The molecule has 0 spiro atoms. The fraction of sp³-hybridized carbons (Fsp3) is 0.611. The number of aliphatic imine (C=N–C) groups is 1. The second-order valence-electron chi connectivity index (χ2n) is 6.27. The SMILES string of the molecule is CCNC(=NCC(C)CO)NC1CCCN(c2ccccc2)C1. The van der Waals surface area contributed by atoms with Crippen LogP contribution < -0.4 is 15.5 Å². The van der Waals surface area contributed by atoms with Crippen LogP contribution in [-0.4, -0.2) is 49.9 Å². The van der Waals surface area contributed by atoms with Gasteiger partial charge < -0.3 is 20.6 Å². The van der Waals surface area contributed by atoms with E-state index in [1.54, 1.807) is 0 Å². The molecule has 0 radical (unpaired) electrons. The minimum atomic E-state index is 0.175. The summed E-state index contributed by atoms with van der Waals surface area (Å²) in [5.41, 5.74) is 1.29. The fourth-order valence-electron chi connectivity index (χ4n) is 2.79. The molecular weight excluding hydrogens is 288 g/mol. The number of para-hydroxylation sites is 1. The number of benzene rings is 1. The van der Waals surface area contributed by atoms with Crippen molar-refractivity contribution >= 4 is 11.6 Å². The highest BCUT2D eigenvalue weighted by Crippen LogP contribution is 2.19. The van der Waals surface area contributed by atoms with Gasteiger partial charge in [-0.25, -0.2) is 0 Å². The number of rotatable bonds is 6. The van der Waals surface area contributed by atoms with Gasteiger partial charge in [0, 0.05) is 44.5 Å². The summed E-state index contributed by atoms with van der Waals surface area (Å²) in [5, 5.41) is 16.0. The van der Waals surface area contributed by atoms with Gasteiger partial charge in [0.15, 0.2) is 5.96 Å². The summed E-state index contributed by atoms with van der Waals surface area (Å²) >= 11 is 0. The average molecular weight is 318 g/mol. The molecule has 1 aliphatic rings. The monoisotopic (exact) mass is 318 g/mol. The van der Waals surface area contributed by atoms with Crippen molar-refractivity contribution in [2.24, 2.45) is 10.9 Å². The molecule has 128 valence electrons. The van der Waals surface area contributed by atoms with Gasteiger partial charge in [-0.2, -0.15) is 0 Å². The number of hydrogen-bond acceptors (Lipinski definition) is 3. The third-order valence-electron chi connectivity index (χ3n) is 4.10. The van der Waals surface area contributed by atoms with E-state index in [1.807, 2.05) is 6.92 Å². The van der Waals surface area contributed by atoms with Gasteiger partial charge in [-0.1, -0.05) is 25.1 Å². The molecule has 2 rings (SSSR count). The van der Waals surface area contributed by atoms with E-state index in [0.29, 0.717) is 12.6 Å². The van der Waals surface area contributed by atoms with Gasteiger partial charge in [0.1, 0.15) is 0 Å². The summed E-state index contributed by atoms with van der Waals surface area (Å²) in [6, 6.07) is 11.0. The standard InChI is InChI=1S/C18H30N4O/c1-3-19-18(20-12-15(2)14-23)21-16-8-7-11-22(13-16)17-9-5-4-6-10-17/h4-6,9-10,15-16,23H,3,7-8,11-14H2,1-2H3,(H2,19,20,21). The highest BCUT2D eigenvalue weighted by Gasteiger charge is 2.20. The molecule has 1 aromatic carbocycles. The molecule has 5 heteroatoms. The Labute approximate surface area is 139 Å². The van der Waals surface area contributed by atoms with Crippen molar-refractivity contribution in [2.45, 2.75) is 32.7 Å². The maximum atomic E-state index is 9.14. The van der Waals surface area contributed by atoms with Gasteiger partial charge >= 0.3 is 0 Å². The van der Waals surface area contributed by atoms with Crippen LogP contribution in [0.25, 0.3) is 0 Å². The van der Waals surface area contributed by atoms with Crippen molar-refractivity contribution < 1.29 is 5.11 Å². The summed E-state index contributed by atoms with van der Waals surface area (Å²) in [6.07, 6.45) is 2.34. The van der Waals surface area contributed by atoms with E-state index in [9.17, 15) is 0 Å². The molecule has 1 aromatic rings. The van der Waals surface area contributed by atoms with E-state index in [1.165, 1.54) is 12.1 Å². The van der Waals surface area contributed by atoms with Gasteiger partial charge in [0.05, 0.1) is 0 Å². The zero-order valence-electron chi connectivity index (χ0n) is 14.3. The predicted octanol–water partition coefficient (Wildman–Crippen LogP) is 1.84. The van der Waals surface area contributed by atoms with Crippen LogP contribution in [0, 0.1) is 5.92 Å². The van der Waals surface area contributed by atoms with Crippen LogP contribution in [0.4, 0.5) is 5.69 Å². The maximum absolute atomic E-state index is 9.14. The summed E-state index contributed by atoms with van der Waals surface area (Å²) in [7, 11) is 0. The summed E-state index contributed by atoms with van der Waals surface area (Å²) < 4.78 is 0. The molecule has 0 aliphatic carbocycles. The van der Waals surface area contributed by atoms with Crippen LogP contribution in [0.2, 0.25) is 0 Å². The maximum Gasteiger partial charge on any atom is 0.191 e. The predicted molar refractivity (Wildman–Crippen MR) is 97.0 cm³/mol. The minimum Gasteiger partial charge on any atom is -0.396 e. The number of anilines is 1. The molecule has 0 amide bonds. The first-order valence-electron chi connectivity index (χ1n) is 8.68. The van der Waals surface area contributed by atoms with Crippen LogP contribution >= 0.6 is 0 Å². The lowest BCUT2D eigenvalue weighted by Crippen LogP contribution is -2.51. The van der Waals surface area contributed by atoms with E-state index < -0.39 is 0 Å². The second-order valence-corrected chi connectivity index (χ2v) is 6.27. The van der Waals surface area contributed by atoms with Crippen molar-refractivity contribution in [3.63, 3.8) is 0 Å². The van der Waals surface area contributed by atoms with E-state index in [-0.39, 0.29) is 12.5 Å². The lowest BCUT2D eigenvalue weighted by molar-refractivity contribution is 0.241. The zero-order chi connectivity index (χ0) is 16.5. The first-order valence-corrected chi connectivity index (χ1v) is 8.68. The van der Waals surface area contributed by atoms with Crippen LogP contribution in [0.5, 0.6) is 0 Å². The molecule has 1 heterocycles. The molecule has 1 saturated heterocycles. The van der Waals surface area contributed by atoms with Gasteiger partial charge in [-0.05, 0) is 37.8 Å². The molecule has 3 N–H and O–H groups in total. The van der Waals surface area contributed by atoms with Gasteiger partial charge in [-0.15, -0.1) is 0 Å². The minimum absolute atomic E-state index is 0.175. The van der Waals surface area contributed by atoms with Crippen molar-refractivity contribution in [1.82, 2.24) is 10.6 Å². The van der Waals surface area contributed by atoms with E-state index >= 15 is 0 Å². The fourth-order valence-corrected chi connectivity index (χ4v) is 2.79. The van der Waals surface area contributed by atoms with Crippen molar-refractivity contribution in [3.05, 3.63) is 30.3 Å². The lowest BCUT2D eigenvalue weighted by Gasteiger charge is -2.35. The first-order chi connectivity index (χ1) is 11.2. The van der Waals surface area contributed by atoms with Crippen LogP contribution in [-0.2, 0) is 0 Å². The topological polar surface area (TPSA) is 59.9 Å².